The Bertz CT molecular complexity index is 1010. The Hall–Kier alpha value is -3.32. The van der Waals surface area contributed by atoms with Gasteiger partial charge in [-0.05, 0) is 61.9 Å². The number of anilines is 1. The number of hydrogen-bond donors (Lipinski definition) is 1. The molecule has 3 rings (SSSR count). The Morgan fingerprint density at radius 2 is 1.80 bits per heavy atom. The van der Waals surface area contributed by atoms with Crippen molar-refractivity contribution >= 4 is 28.5 Å². The summed E-state index contributed by atoms with van der Waals surface area (Å²) < 4.78 is 16.3. The van der Waals surface area contributed by atoms with Crippen LogP contribution in [0.2, 0.25) is 0 Å². The van der Waals surface area contributed by atoms with Gasteiger partial charge in [0.2, 0.25) is 5.91 Å². The van der Waals surface area contributed by atoms with Gasteiger partial charge in [0, 0.05) is 17.0 Å². The number of hydrogen-bond acceptors (Lipinski definition) is 6. The summed E-state index contributed by atoms with van der Waals surface area (Å²) in [4.78, 5) is 16.8. The van der Waals surface area contributed by atoms with Gasteiger partial charge >= 0.3 is 0 Å². The van der Waals surface area contributed by atoms with Crippen LogP contribution in [0.15, 0.2) is 53.9 Å². The minimum absolute atomic E-state index is 0.252. The van der Waals surface area contributed by atoms with Gasteiger partial charge < -0.3 is 14.2 Å². The Morgan fingerprint density at radius 1 is 1.07 bits per heavy atom. The number of ether oxygens (including phenoxy) is 3. The fourth-order valence-electron chi connectivity index (χ4n) is 2.72. The molecule has 0 aliphatic heterocycles. The normalized spacial score (nSPS) is 10.8. The Balaban J connectivity index is 1.64. The predicted octanol–water partition coefficient (Wildman–Crippen LogP) is 5.27. The molecule has 1 N–H and O–H groups in total. The molecule has 6 nitrogen and oxygen atoms in total. The fourth-order valence-corrected chi connectivity index (χ4v) is 3.44. The Kier molecular flexibility index (Phi) is 7.45. The van der Waals surface area contributed by atoms with Crippen molar-refractivity contribution in [1.82, 2.24) is 4.98 Å². The minimum atomic E-state index is -0.252. The number of nitrogens with one attached hydrogen (secondary N) is 1. The van der Waals surface area contributed by atoms with E-state index in [2.05, 4.69) is 10.3 Å². The molecule has 1 heterocycles. The van der Waals surface area contributed by atoms with Crippen molar-refractivity contribution < 1.29 is 19.0 Å². The molecule has 0 spiro atoms. The summed E-state index contributed by atoms with van der Waals surface area (Å²) in [6.45, 7) is 4.94. The third-order valence-electron chi connectivity index (χ3n) is 4.11. The number of methoxy groups -OCH3 is 1. The van der Waals surface area contributed by atoms with Gasteiger partial charge in [-0.15, -0.1) is 11.3 Å². The zero-order chi connectivity index (χ0) is 21.3. The maximum atomic E-state index is 12.3. The van der Waals surface area contributed by atoms with E-state index in [-0.39, 0.29) is 5.91 Å². The van der Waals surface area contributed by atoms with E-state index in [0.29, 0.717) is 29.8 Å². The molecule has 0 saturated carbocycles. The summed E-state index contributed by atoms with van der Waals surface area (Å²) in [6.07, 6.45) is 3.20. The molecular weight excluding hydrogens is 400 g/mol. The fraction of sp³-hybridized carbons (Fsp3) is 0.217. The number of rotatable bonds is 9. The first-order chi connectivity index (χ1) is 14.6. The zero-order valence-corrected chi connectivity index (χ0v) is 18.0. The molecule has 0 unspecified atom stereocenters. The molecule has 2 aromatic carbocycles. The molecule has 0 aliphatic carbocycles. The van der Waals surface area contributed by atoms with E-state index >= 15 is 0 Å². The summed E-state index contributed by atoms with van der Waals surface area (Å²) in [7, 11) is 1.63. The summed E-state index contributed by atoms with van der Waals surface area (Å²) >= 11 is 1.38. The van der Waals surface area contributed by atoms with E-state index in [1.807, 2.05) is 61.7 Å². The number of aromatic nitrogens is 1. The van der Waals surface area contributed by atoms with E-state index in [4.69, 9.17) is 14.2 Å². The van der Waals surface area contributed by atoms with Crippen LogP contribution in [0.1, 0.15) is 19.4 Å². The van der Waals surface area contributed by atoms with Crippen LogP contribution in [-0.2, 0) is 4.79 Å². The Labute approximate surface area is 180 Å². The molecule has 0 fully saturated rings. The van der Waals surface area contributed by atoms with Gasteiger partial charge in [-0.25, -0.2) is 4.98 Å². The topological polar surface area (TPSA) is 69.7 Å². The molecule has 0 bridgehead atoms. The van der Waals surface area contributed by atoms with Gasteiger partial charge in [0.1, 0.15) is 5.75 Å². The first-order valence-corrected chi connectivity index (χ1v) is 10.5. The summed E-state index contributed by atoms with van der Waals surface area (Å²) in [5.74, 6) is 1.88. The second kappa shape index (κ2) is 10.5. The molecule has 3 aromatic rings. The highest BCUT2D eigenvalue weighted by molar-refractivity contribution is 7.14. The number of nitrogens with zero attached hydrogens (tertiary/aromatic N) is 1. The van der Waals surface area contributed by atoms with Crippen LogP contribution >= 0.6 is 11.3 Å². The minimum Gasteiger partial charge on any atom is -0.497 e. The molecule has 0 atom stereocenters. The van der Waals surface area contributed by atoms with E-state index in [1.54, 1.807) is 13.2 Å². The second-order valence-corrected chi connectivity index (χ2v) is 7.02. The lowest BCUT2D eigenvalue weighted by Gasteiger charge is -2.11. The summed E-state index contributed by atoms with van der Waals surface area (Å²) in [5.41, 5.74) is 2.60. The van der Waals surface area contributed by atoms with Crippen LogP contribution in [0.5, 0.6) is 17.2 Å². The van der Waals surface area contributed by atoms with Crippen molar-refractivity contribution in [2.24, 2.45) is 0 Å². The van der Waals surface area contributed by atoms with Gasteiger partial charge in [0.15, 0.2) is 16.6 Å². The maximum absolute atomic E-state index is 12.3. The molecule has 7 heteroatoms. The van der Waals surface area contributed by atoms with Crippen LogP contribution in [0.4, 0.5) is 5.13 Å². The van der Waals surface area contributed by atoms with Gasteiger partial charge in [-0.3, -0.25) is 10.1 Å². The van der Waals surface area contributed by atoms with Gasteiger partial charge in [-0.1, -0.05) is 6.07 Å². The molecule has 0 radical (unpaired) electrons. The number of carbonyl (C=O) groups is 1. The monoisotopic (exact) mass is 424 g/mol. The highest BCUT2D eigenvalue weighted by atomic mass is 32.1. The third kappa shape index (κ3) is 5.61. The van der Waals surface area contributed by atoms with E-state index < -0.39 is 0 Å². The molecule has 1 aromatic heterocycles. The summed E-state index contributed by atoms with van der Waals surface area (Å²) in [5, 5.41) is 5.24. The van der Waals surface area contributed by atoms with Gasteiger partial charge in [0.05, 0.1) is 26.0 Å². The van der Waals surface area contributed by atoms with Crippen LogP contribution in [0, 0.1) is 0 Å². The molecule has 30 heavy (non-hydrogen) atoms. The van der Waals surface area contributed by atoms with Gasteiger partial charge in [-0.2, -0.15) is 0 Å². The third-order valence-corrected chi connectivity index (χ3v) is 4.87. The lowest BCUT2D eigenvalue weighted by molar-refractivity contribution is -0.111. The maximum Gasteiger partial charge on any atom is 0.250 e. The van der Waals surface area contributed by atoms with Crippen LogP contribution in [0.3, 0.4) is 0 Å². The largest absolute Gasteiger partial charge is 0.497 e. The Morgan fingerprint density at radius 3 is 2.50 bits per heavy atom. The highest BCUT2D eigenvalue weighted by Crippen LogP contribution is 2.29. The number of carbonyl (C=O) groups excluding carboxylic acids is 1. The number of thiazole rings is 1. The summed E-state index contributed by atoms with van der Waals surface area (Å²) in [6, 6.07) is 13.2. The smallest absolute Gasteiger partial charge is 0.250 e. The van der Waals surface area contributed by atoms with Crippen molar-refractivity contribution in [1.29, 1.82) is 0 Å². The predicted molar refractivity (Wildman–Crippen MR) is 121 cm³/mol. The first-order valence-electron chi connectivity index (χ1n) is 9.61. The standard InChI is InChI=1S/C23H24N2O4S/c1-4-28-20-12-6-16(14-21(20)29-5-2)7-13-22(26)25-23-24-19(15-30-23)17-8-10-18(27-3)11-9-17/h6-15H,4-5H2,1-3H3,(H,24,25,26)/b13-7+. The highest BCUT2D eigenvalue weighted by Gasteiger charge is 2.08. The molecule has 0 aliphatic rings. The van der Waals surface area contributed by atoms with Crippen LogP contribution in [-0.4, -0.2) is 31.2 Å². The van der Waals surface area contributed by atoms with Gasteiger partial charge in [0.25, 0.3) is 0 Å². The average Bonchev–Trinajstić information content (AvgIpc) is 3.22. The molecule has 156 valence electrons. The second-order valence-electron chi connectivity index (χ2n) is 6.16. The van der Waals surface area contributed by atoms with E-state index in [1.165, 1.54) is 17.4 Å². The van der Waals surface area contributed by atoms with E-state index in [9.17, 15) is 4.79 Å². The van der Waals surface area contributed by atoms with Crippen molar-refractivity contribution in [3.63, 3.8) is 0 Å². The average molecular weight is 425 g/mol. The molecular formula is C23H24N2O4S. The lowest BCUT2D eigenvalue weighted by atomic mass is 10.2. The number of benzene rings is 2. The SMILES string of the molecule is CCOc1ccc(/C=C/C(=O)Nc2nc(-c3ccc(OC)cc3)cs2)cc1OCC. The van der Waals surface area contributed by atoms with Crippen LogP contribution < -0.4 is 19.5 Å². The lowest BCUT2D eigenvalue weighted by Crippen LogP contribution is -2.07. The van der Waals surface area contributed by atoms with Crippen molar-refractivity contribution in [3.8, 4) is 28.5 Å². The van der Waals surface area contributed by atoms with E-state index in [0.717, 1.165) is 22.6 Å². The molecule has 1 amide bonds. The van der Waals surface area contributed by atoms with Crippen molar-refractivity contribution in [2.45, 2.75) is 13.8 Å². The van der Waals surface area contributed by atoms with Crippen molar-refractivity contribution in [3.05, 3.63) is 59.5 Å². The molecule has 0 saturated heterocycles. The number of amides is 1. The first kappa shape index (κ1) is 21.4. The van der Waals surface area contributed by atoms with Crippen molar-refractivity contribution in [2.75, 3.05) is 25.6 Å². The zero-order valence-electron chi connectivity index (χ0n) is 17.2. The quantitative estimate of drug-likeness (QED) is 0.474. The van der Waals surface area contributed by atoms with Crippen LogP contribution in [0.25, 0.3) is 17.3 Å².